The zero-order chi connectivity index (χ0) is 104. The molecular formula is C78H131N5O58. The Bertz CT molecular complexity index is 3840. The molecule has 0 aliphatic carbocycles. The number of amides is 5. The van der Waals surface area contributed by atoms with Crippen LogP contribution in [0.25, 0.3) is 0 Å². The Balaban J connectivity index is 0.845. The van der Waals surface area contributed by atoms with Crippen molar-refractivity contribution in [2.75, 3.05) is 85.9 Å². The van der Waals surface area contributed by atoms with Gasteiger partial charge in [0.15, 0.2) is 69.2 Å². The highest BCUT2D eigenvalue weighted by atomic mass is 16.8. The third-order valence-corrected chi connectivity index (χ3v) is 25.5. The standard InChI is InChI=1S/C78H131N5O58/c1-19(96)80-35-45(106)59(133-73-52(113)49(110)39(100)24(6-85)122-73)29(11-90)127-68(35)121-17-34-44(105)67(140-71-38(83-22(4)99)47(108)61(31(13-92)130-71)135-76-57(118)66(43(104)28(10-89)125-76)141-74-53(114)50(111)40(101)25(7-86)123-74)58(119)78(132-34)136-62-32(14-93)129-70(37(48(62)109)82-21(3)98)138-64-41(102)26(8-87)124-75(55(64)116)134-60-30(12-91)128-69(36(46(60)107)81-20(2)97)139-65-42(103)27(9-88)126-77(56(65)117)137-63-33(15-94)131-72(54(115)51(63)112)120-16-23(5-84)79-18-95/h18,23-78,84-94,100-119H,5-17H2,1-4H3,(H,79,95)(H,80,96)(H,81,97)(H,82,98)(H,83,99)/t23-,24-,25-,26-,27-,28-,29-,30-,31-,32-,33-,34-,35-,36-,37-,38-,39+,40+,41+,42+,43+,44+,45-,46-,47-,48-,49+,50+,51-,52-,53-,54-,55-,56-,57-,58-,59-,60-,61-,62-,63-,64+,65+,66+,67+,68-,69+,70+,71+,72-,73+,74-,75+,76+,77+,78+/m1/s1. The molecule has 0 saturated carbocycles. The molecule has 36 N–H and O–H groups in total. The summed E-state index contributed by atoms with van der Waals surface area (Å²) in [6.07, 6.45) is -107. The van der Waals surface area contributed by atoms with Crippen LogP contribution in [0, 0.1) is 0 Å². The van der Waals surface area contributed by atoms with Crippen molar-refractivity contribution in [2.45, 2.75) is 371 Å². The summed E-state index contributed by atoms with van der Waals surface area (Å²) in [4.78, 5) is 63.7. The first-order valence-electron chi connectivity index (χ1n) is 44.9. The second kappa shape index (κ2) is 52.1. The van der Waals surface area contributed by atoms with Gasteiger partial charge in [-0.2, -0.15) is 0 Å². The lowest BCUT2D eigenvalue weighted by Crippen LogP contribution is -2.71. The minimum Gasteiger partial charge on any atom is -0.394 e. The Kier molecular flexibility index (Phi) is 43.1. The van der Waals surface area contributed by atoms with Crippen molar-refractivity contribution in [3.05, 3.63) is 0 Å². The van der Waals surface area contributed by atoms with Crippen molar-refractivity contribution in [1.82, 2.24) is 26.6 Å². The molecule has 0 bridgehead atoms. The highest BCUT2D eigenvalue weighted by molar-refractivity contribution is 5.74. The van der Waals surface area contributed by atoms with Crippen LogP contribution in [0.2, 0.25) is 0 Å². The van der Waals surface area contributed by atoms with E-state index in [1.807, 2.05) is 0 Å². The first-order chi connectivity index (χ1) is 66.9. The molecule has 63 heteroatoms. The third kappa shape index (κ3) is 26.3. The summed E-state index contributed by atoms with van der Waals surface area (Å²) in [7, 11) is 0. The van der Waals surface area contributed by atoms with E-state index in [1.165, 1.54) is 0 Å². The molecule has 0 aromatic rings. The predicted octanol–water partition coefficient (Wildman–Crippen LogP) is -25.3. The number of ether oxygens (including phenoxy) is 22. The Morgan fingerprint density at radius 2 is 0.447 bits per heavy atom. The molecule has 0 spiro atoms. The number of aliphatic hydroxyl groups is 31. The molecule has 63 nitrogen and oxygen atoms in total. The Labute approximate surface area is 797 Å². The van der Waals surface area contributed by atoms with E-state index >= 15 is 0 Å². The number of carbonyl (C=O) groups excluding carboxylic acids is 5. The molecule has 11 aliphatic heterocycles. The largest absolute Gasteiger partial charge is 0.394 e. The smallest absolute Gasteiger partial charge is 0.217 e. The zero-order valence-corrected chi connectivity index (χ0v) is 75.5. The molecular weight excluding hydrogens is 1930 g/mol. The van der Waals surface area contributed by atoms with Crippen LogP contribution in [0.4, 0.5) is 0 Å². The van der Waals surface area contributed by atoms with Gasteiger partial charge < -0.3 is 289 Å². The molecule has 11 heterocycles. The number of carbonyl (C=O) groups is 5. The van der Waals surface area contributed by atoms with E-state index in [9.17, 15) is 182 Å². The van der Waals surface area contributed by atoms with Crippen LogP contribution in [0.1, 0.15) is 27.7 Å². The van der Waals surface area contributed by atoms with Crippen molar-refractivity contribution in [3.8, 4) is 0 Å². The number of nitrogens with one attached hydrogen (secondary N) is 5. The van der Waals surface area contributed by atoms with Gasteiger partial charge in [0.05, 0.1) is 91.9 Å². The minimum absolute atomic E-state index is 0.241. The van der Waals surface area contributed by atoms with Crippen LogP contribution in [0.3, 0.4) is 0 Å². The number of aliphatic hydroxyl groups excluding tert-OH is 31. The molecule has 11 aliphatic rings. The summed E-state index contributed by atoms with van der Waals surface area (Å²) < 4.78 is 130. The average molecular weight is 2070 g/mol. The summed E-state index contributed by atoms with van der Waals surface area (Å²) >= 11 is 0. The maximum absolute atomic E-state index is 13.4. The normalized spacial score (nSPS) is 48.1. The van der Waals surface area contributed by atoms with Gasteiger partial charge in [0.2, 0.25) is 30.0 Å². The van der Waals surface area contributed by atoms with Crippen molar-refractivity contribution in [3.63, 3.8) is 0 Å². The molecule has 141 heavy (non-hydrogen) atoms. The molecule has 0 aromatic heterocycles. The first-order valence-corrected chi connectivity index (χ1v) is 44.9. The van der Waals surface area contributed by atoms with Gasteiger partial charge in [0.25, 0.3) is 0 Å². The summed E-state index contributed by atoms with van der Waals surface area (Å²) in [5.74, 6) is -4.01. The zero-order valence-electron chi connectivity index (χ0n) is 75.5. The van der Waals surface area contributed by atoms with Crippen molar-refractivity contribution in [1.29, 1.82) is 0 Å². The fraction of sp³-hybridized carbons (Fsp3) is 0.936. The fourth-order valence-corrected chi connectivity index (χ4v) is 18.0. The minimum atomic E-state index is -2.60. The number of hydrogen-bond donors (Lipinski definition) is 36. The Morgan fingerprint density at radius 1 is 0.234 bits per heavy atom. The molecule has 11 rings (SSSR count). The average Bonchev–Trinajstić information content (AvgIpc) is 0.757. The molecule has 0 unspecified atom stereocenters. The quantitative estimate of drug-likeness (QED) is 0.0253. The lowest BCUT2D eigenvalue weighted by Gasteiger charge is -2.51. The van der Waals surface area contributed by atoms with Crippen molar-refractivity contribution < 1.29 is 286 Å². The number of rotatable bonds is 41. The first kappa shape index (κ1) is 117. The van der Waals surface area contributed by atoms with Gasteiger partial charge in [0, 0.05) is 27.7 Å². The third-order valence-electron chi connectivity index (χ3n) is 25.5. The monoisotopic (exact) mass is 2070 g/mol. The number of hydrogen-bond acceptors (Lipinski definition) is 58. The lowest BCUT2D eigenvalue weighted by atomic mass is 9.93. The van der Waals surface area contributed by atoms with E-state index in [0.717, 1.165) is 27.7 Å². The van der Waals surface area contributed by atoms with E-state index in [4.69, 9.17) is 104 Å². The predicted molar refractivity (Wildman–Crippen MR) is 433 cm³/mol. The van der Waals surface area contributed by atoms with E-state index in [1.54, 1.807) is 0 Å². The van der Waals surface area contributed by atoms with Gasteiger partial charge in [-0.15, -0.1) is 0 Å². The summed E-state index contributed by atoms with van der Waals surface area (Å²) in [5, 5.41) is 358. The van der Waals surface area contributed by atoms with Crippen LogP contribution in [-0.4, -0.2) is 618 Å². The van der Waals surface area contributed by atoms with E-state index in [-0.39, 0.29) is 6.41 Å². The second-order valence-electron chi connectivity index (χ2n) is 35.3. The maximum Gasteiger partial charge on any atom is 0.217 e. The summed E-state index contributed by atoms with van der Waals surface area (Å²) in [5.41, 5.74) is 0. The molecule has 816 valence electrons. The van der Waals surface area contributed by atoms with Crippen LogP contribution in [0.15, 0.2) is 0 Å². The van der Waals surface area contributed by atoms with Gasteiger partial charge in [-0.25, -0.2) is 0 Å². The van der Waals surface area contributed by atoms with Gasteiger partial charge in [-0.3, -0.25) is 24.0 Å². The molecule has 0 radical (unpaired) electrons. The van der Waals surface area contributed by atoms with Gasteiger partial charge in [-0.05, 0) is 0 Å². The molecule has 0 aromatic carbocycles. The maximum atomic E-state index is 13.4. The summed E-state index contributed by atoms with van der Waals surface area (Å²) in [6, 6.07) is -9.10. The Hall–Kier alpha value is -4.77. The Morgan fingerprint density at radius 3 is 0.716 bits per heavy atom. The lowest BCUT2D eigenvalue weighted by molar-refractivity contribution is -0.392. The van der Waals surface area contributed by atoms with E-state index < -0.39 is 453 Å². The summed E-state index contributed by atoms with van der Waals surface area (Å²) in [6.45, 7) is -9.97. The molecule has 5 amide bonds. The molecule has 11 saturated heterocycles. The van der Waals surface area contributed by atoms with Crippen LogP contribution in [0.5, 0.6) is 0 Å². The SMILES string of the molecule is CC(=O)N[C@H]1[C@H](OC[C@H]2O[C@@H](O[C@H]3[C@H](O)[C@@H](NC(C)=O)[C@H](O[C@H]4[C@@H](O)[C@@H](CO)O[C@@H](O[C@H]5[C@H](O)[C@@H](NC(C)=O)[C@H](O[C@H]6[C@@H](O)[C@@H](CO)O[C@@H](O[C@H]7[C@H](O)[C@@H](O)[C@H](OC[C@@H](CO)NC=O)O[C@@H]7CO)[C@@H]6O)O[C@@H]5CO)[C@@H]4O)O[C@@H]3CO)[C@H](O)[C@@H](O[C@@H]3O[C@H](CO)[C@@H](O[C@@H]4O[C@H](CO)[C@H](O)[C@H](O[C@H]5O[C@H](CO)[C@H](O)[C@H](O)[C@H]5O)[C@H]4O)[C@H](O)[C@H]3NC(C)=O)[C@H]2O)O[C@H](CO)[C@@H](O[C@@H]2O[C@H](CO)[C@H](O)[C@H](O)[C@H]2O)[C@@H]1O. The topological polar surface area (TPSA) is 976 Å². The van der Waals surface area contributed by atoms with Gasteiger partial charge in [0.1, 0.15) is 268 Å². The van der Waals surface area contributed by atoms with Gasteiger partial charge >= 0.3 is 0 Å². The van der Waals surface area contributed by atoms with E-state index in [0.29, 0.717) is 0 Å². The fourth-order valence-electron chi connectivity index (χ4n) is 18.0. The van der Waals surface area contributed by atoms with Crippen LogP contribution >= 0.6 is 0 Å². The van der Waals surface area contributed by atoms with Crippen molar-refractivity contribution >= 4 is 30.0 Å². The van der Waals surface area contributed by atoms with Crippen LogP contribution < -0.4 is 26.6 Å². The highest BCUT2D eigenvalue weighted by Crippen LogP contribution is 2.42. The van der Waals surface area contributed by atoms with Gasteiger partial charge in [-0.1, -0.05) is 0 Å². The molecule has 11 fully saturated rings. The molecule has 56 atom stereocenters. The highest BCUT2D eigenvalue weighted by Gasteiger charge is 2.63. The van der Waals surface area contributed by atoms with Crippen molar-refractivity contribution in [2.24, 2.45) is 0 Å². The van der Waals surface area contributed by atoms with E-state index in [2.05, 4.69) is 26.6 Å². The van der Waals surface area contributed by atoms with Crippen LogP contribution in [-0.2, 0) is 128 Å². The second-order valence-corrected chi connectivity index (χ2v) is 35.3.